The van der Waals surface area contributed by atoms with Gasteiger partial charge in [-0.1, -0.05) is 30.3 Å². The molecular weight excluding hydrogens is 206 g/mol. The van der Waals surface area contributed by atoms with E-state index in [0.717, 1.165) is 5.56 Å². The largest absolute Gasteiger partial charge is 0.468 e. The molecule has 4 heteroatoms. The zero-order valence-electron chi connectivity index (χ0n) is 9.55. The molecule has 1 rings (SSSR count). The molecule has 0 radical (unpaired) electrons. The van der Waals surface area contributed by atoms with Crippen LogP contribution < -0.4 is 5.73 Å². The summed E-state index contributed by atoms with van der Waals surface area (Å²) in [5.74, 6) is -0.458. The molecule has 2 atom stereocenters. The average Bonchev–Trinajstić information content (AvgIpc) is 2.35. The van der Waals surface area contributed by atoms with Crippen LogP contribution in [0.25, 0.3) is 0 Å². The second kappa shape index (κ2) is 6.25. The first kappa shape index (κ1) is 12.7. The fourth-order valence-corrected chi connectivity index (χ4v) is 1.23. The van der Waals surface area contributed by atoms with Gasteiger partial charge in [0.1, 0.15) is 6.04 Å². The fraction of sp³-hybridized carbons (Fsp3) is 0.417. The van der Waals surface area contributed by atoms with Crippen LogP contribution in [0.4, 0.5) is 0 Å². The lowest BCUT2D eigenvalue weighted by atomic mass is 10.2. The molecule has 0 unspecified atom stereocenters. The van der Waals surface area contributed by atoms with Crippen LogP contribution in [0.5, 0.6) is 0 Å². The van der Waals surface area contributed by atoms with Crippen LogP contribution >= 0.6 is 0 Å². The zero-order valence-corrected chi connectivity index (χ0v) is 9.55. The van der Waals surface area contributed by atoms with Crippen LogP contribution in [0.1, 0.15) is 12.5 Å². The standard InChI is InChI=1S/C12H17NO3/c1-9(11(13)12(14)15-2)16-8-10-6-4-3-5-7-10/h3-7,9,11H,8,13H2,1-2H3/t9-,11-/m0/s1. The number of hydrogen-bond acceptors (Lipinski definition) is 4. The molecule has 88 valence electrons. The smallest absolute Gasteiger partial charge is 0.325 e. The summed E-state index contributed by atoms with van der Waals surface area (Å²) in [5.41, 5.74) is 6.68. The van der Waals surface area contributed by atoms with Gasteiger partial charge in [0.25, 0.3) is 0 Å². The molecule has 0 spiro atoms. The maximum Gasteiger partial charge on any atom is 0.325 e. The molecule has 4 nitrogen and oxygen atoms in total. The third-order valence-electron chi connectivity index (χ3n) is 2.33. The molecule has 0 aliphatic carbocycles. The monoisotopic (exact) mass is 223 g/mol. The van der Waals surface area contributed by atoms with Gasteiger partial charge in [-0.05, 0) is 12.5 Å². The van der Waals surface area contributed by atoms with Crippen molar-refractivity contribution in [2.75, 3.05) is 7.11 Å². The van der Waals surface area contributed by atoms with E-state index in [4.69, 9.17) is 10.5 Å². The van der Waals surface area contributed by atoms with Crippen molar-refractivity contribution in [1.82, 2.24) is 0 Å². The fourth-order valence-electron chi connectivity index (χ4n) is 1.23. The van der Waals surface area contributed by atoms with E-state index in [-0.39, 0.29) is 6.10 Å². The maximum absolute atomic E-state index is 11.1. The second-order valence-corrected chi connectivity index (χ2v) is 3.55. The highest BCUT2D eigenvalue weighted by molar-refractivity contribution is 5.75. The first-order valence-electron chi connectivity index (χ1n) is 5.14. The van der Waals surface area contributed by atoms with E-state index >= 15 is 0 Å². The quantitative estimate of drug-likeness (QED) is 0.759. The van der Waals surface area contributed by atoms with E-state index < -0.39 is 12.0 Å². The summed E-state index contributed by atoms with van der Waals surface area (Å²) in [7, 11) is 1.31. The van der Waals surface area contributed by atoms with Gasteiger partial charge in [0.05, 0.1) is 19.8 Å². The van der Waals surface area contributed by atoms with Crippen molar-refractivity contribution in [3.63, 3.8) is 0 Å². The Balaban J connectivity index is 2.41. The molecule has 0 saturated heterocycles. The number of hydrogen-bond donors (Lipinski definition) is 1. The summed E-state index contributed by atoms with van der Waals surface area (Å²) in [6.45, 7) is 2.19. The zero-order chi connectivity index (χ0) is 12.0. The van der Waals surface area contributed by atoms with Gasteiger partial charge >= 0.3 is 5.97 Å². The van der Waals surface area contributed by atoms with Gasteiger partial charge < -0.3 is 15.2 Å². The molecule has 1 aromatic rings. The number of nitrogens with two attached hydrogens (primary N) is 1. The predicted octanol–water partition coefficient (Wildman–Crippen LogP) is 1.09. The highest BCUT2D eigenvalue weighted by atomic mass is 16.5. The molecule has 0 saturated carbocycles. The third kappa shape index (κ3) is 3.64. The molecule has 0 heterocycles. The normalized spacial score (nSPS) is 14.2. The number of carbonyl (C=O) groups is 1. The minimum absolute atomic E-state index is 0.368. The first-order valence-corrected chi connectivity index (χ1v) is 5.14. The number of methoxy groups -OCH3 is 1. The van der Waals surface area contributed by atoms with Gasteiger partial charge in [-0.2, -0.15) is 0 Å². The summed E-state index contributed by atoms with van der Waals surface area (Å²) in [6.07, 6.45) is -0.368. The Morgan fingerprint density at radius 3 is 2.56 bits per heavy atom. The molecule has 0 fully saturated rings. The number of rotatable bonds is 5. The van der Waals surface area contributed by atoms with Gasteiger partial charge in [0.15, 0.2) is 0 Å². The average molecular weight is 223 g/mol. The Hall–Kier alpha value is -1.39. The second-order valence-electron chi connectivity index (χ2n) is 3.55. The topological polar surface area (TPSA) is 61.5 Å². The Morgan fingerprint density at radius 2 is 2.00 bits per heavy atom. The molecule has 16 heavy (non-hydrogen) atoms. The van der Waals surface area contributed by atoms with Crippen LogP contribution in [-0.4, -0.2) is 25.2 Å². The van der Waals surface area contributed by atoms with Crippen LogP contribution in [0, 0.1) is 0 Å². The van der Waals surface area contributed by atoms with Crippen LogP contribution in [0.15, 0.2) is 30.3 Å². The Bertz CT molecular complexity index is 326. The van der Waals surface area contributed by atoms with Crippen molar-refractivity contribution in [2.24, 2.45) is 5.73 Å². The Morgan fingerprint density at radius 1 is 1.38 bits per heavy atom. The molecule has 0 aliphatic heterocycles. The van der Waals surface area contributed by atoms with Gasteiger partial charge in [0.2, 0.25) is 0 Å². The Kier molecular flexibility index (Phi) is 4.95. The SMILES string of the molecule is COC(=O)[C@@H](N)[C@H](C)OCc1ccccc1. The van der Waals surface area contributed by atoms with Crippen molar-refractivity contribution < 1.29 is 14.3 Å². The lowest BCUT2D eigenvalue weighted by Crippen LogP contribution is -2.42. The molecular formula is C12H17NO3. The highest BCUT2D eigenvalue weighted by Crippen LogP contribution is 2.05. The van der Waals surface area contributed by atoms with E-state index in [1.165, 1.54) is 7.11 Å². The summed E-state index contributed by atoms with van der Waals surface area (Å²) in [6, 6.07) is 8.97. The van der Waals surface area contributed by atoms with Gasteiger partial charge in [-0.25, -0.2) is 0 Å². The molecule has 0 bridgehead atoms. The number of benzene rings is 1. The summed E-state index contributed by atoms with van der Waals surface area (Å²) in [4.78, 5) is 11.1. The molecule has 2 N–H and O–H groups in total. The van der Waals surface area contributed by atoms with Crippen molar-refractivity contribution in [2.45, 2.75) is 25.7 Å². The first-order chi connectivity index (χ1) is 7.65. The van der Waals surface area contributed by atoms with E-state index in [2.05, 4.69) is 4.74 Å². The lowest BCUT2D eigenvalue weighted by molar-refractivity contribution is -0.146. The predicted molar refractivity (Wildman–Crippen MR) is 60.7 cm³/mol. The van der Waals surface area contributed by atoms with Gasteiger partial charge in [-0.15, -0.1) is 0 Å². The van der Waals surface area contributed by atoms with Crippen molar-refractivity contribution >= 4 is 5.97 Å². The van der Waals surface area contributed by atoms with Gasteiger partial charge in [0, 0.05) is 0 Å². The van der Waals surface area contributed by atoms with E-state index in [9.17, 15) is 4.79 Å². The minimum atomic E-state index is -0.742. The van der Waals surface area contributed by atoms with Crippen LogP contribution in [-0.2, 0) is 20.9 Å². The number of ether oxygens (including phenoxy) is 2. The summed E-state index contributed by atoms with van der Waals surface area (Å²) >= 11 is 0. The lowest BCUT2D eigenvalue weighted by Gasteiger charge is -2.18. The number of esters is 1. The van der Waals surface area contributed by atoms with Crippen LogP contribution in [0.3, 0.4) is 0 Å². The molecule has 0 amide bonds. The van der Waals surface area contributed by atoms with E-state index in [1.54, 1.807) is 6.92 Å². The summed E-state index contributed by atoms with van der Waals surface area (Å²) < 4.78 is 10.0. The highest BCUT2D eigenvalue weighted by Gasteiger charge is 2.21. The maximum atomic E-state index is 11.1. The minimum Gasteiger partial charge on any atom is -0.468 e. The van der Waals surface area contributed by atoms with Crippen LogP contribution in [0.2, 0.25) is 0 Å². The van der Waals surface area contributed by atoms with Crippen molar-refractivity contribution in [3.05, 3.63) is 35.9 Å². The number of carbonyl (C=O) groups excluding carboxylic acids is 1. The molecule has 0 aliphatic rings. The van der Waals surface area contributed by atoms with Crippen molar-refractivity contribution in [3.8, 4) is 0 Å². The van der Waals surface area contributed by atoms with E-state index in [1.807, 2.05) is 30.3 Å². The van der Waals surface area contributed by atoms with E-state index in [0.29, 0.717) is 6.61 Å². The Labute approximate surface area is 95.3 Å². The molecule has 1 aromatic carbocycles. The van der Waals surface area contributed by atoms with Gasteiger partial charge in [-0.3, -0.25) is 4.79 Å². The molecule has 0 aromatic heterocycles. The van der Waals surface area contributed by atoms with Crippen molar-refractivity contribution in [1.29, 1.82) is 0 Å². The third-order valence-corrected chi connectivity index (χ3v) is 2.33. The summed E-state index contributed by atoms with van der Waals surface area (Å²) in [5, 5.41) is 0.